The standard InChI is InChI=1S/C31H39ClN4O4Si/c1-22(40-41(31(3,4)5,24-12-8-6-9-13-24)25-14-10-7-11-15-25)20-26-23(2)36(30(37)39-26)28-21-27(32)33-29(34-28)35-16-18-38-19-17-35/h6-15,21-23,26H,16-20H2,1-5H3/t22-,23+,26-/m1/s1. The first-order valence-corrected chi connectivity index (χ1v) is 16.5. The quantitative estimate of drug-likeness (QED) is 0.267. The van der Waals surface area contributed by atoms with Crippen molar-refractivity contribution in [3.05, 3.63) is 71.9 Å². The predicted molar refractivity (Wildman–Crippen MR) is 165 cm³/mol. The maximum absolute atomic E-state index is 13.2. The predicted octanol–water partition coefficient (Wildman–Crippen LogP) is 5.04. The lowest BCUT2D eigenvalue weighted by molar-refractivity contribution is 0.0890. The molecule has 5 rings (SSSR count). The molecule has 0 radical (unpaired) electrons. The molecule has 41 heavy (non-hydrogen) atoms. The highest BCUT2D eigenvalue weighted by Gasteiger charge is 2.52. The van der Waals surface area contributed by atoms with Gasteiger partial charge in [0, 0.05) is 31.7 Å². The molecule has 0 N–H and O–H groups in total. The van der Waals surface area contributed by atoms with Gasteiger partial charge in [-0.25, -0.2) is 9.78 Å². The first kappa shape index (κ1) is 29.5. The van der Waals surface area contributed by atoms with Crippen molar-refractivity contribution in [3.63, 3.8) is 0 Å². The molecule has 218 valence electrons. The van der Waals surface area contributed by atoms with E-state index in [0.29, 0.717) is 44.5 Å². The lowest BCUT2D eigenvalue weighted by Gasteiger charge is -2.45. The van der Waals surface area contributed by atoms with Gasteiger partial charge in [0.2, 0.25) is 5.95 Å². The van der Waals surface area contributed by atoms with E-state index in [4.69, 9.17) is 30.5 Å². The fourth-order valence-electron chi connectivity index (χ4n) is 5.96. The van der Waals surface area contributed by atoms with Crippen molar-refractivity contribution in [1.29, 1.82) is 0 Å². The van der Waals surface area contributed by atoms with Gasteiger partial charge in [-0.2, -0.15) is 4.98 Å². The number of ether oxygens (including phenoxy) is 2. The minimum absolute atomic E-state index is 0.151. The Hall–Kier alpha value is -2.98. The maximum Gasteiger partial charge on any atom is 0.416 e. The number of hydrogen-bond donors (Lipinski definition) is 0. The number of anilines is 2. The number of hydrogen-bond acceptors (Lipinski definition) is 7. The largest absolute Gasteiger partial charge is 0.443 e. The van der Waals surface area contributed by atoms with Crippen molar-refractivity contribution < 1.29 is 18.7 Å². The third-order valence-corrected chi connectivity index (χ3v) is 13.3. The molecule has 3 heterocycles. The molecule has 1 amide bonds. The van der Waals surface area contributed by atoms with E-state index >= 15 is 0 Å². The van der Waals surface area contributed by atoms with Crippen LogP contribution in [0.15, 0.2) is 66.7 Å². The third-order valence-electron chi connectivity index (χ3n) is 7.96. The molecule has 0 unspecified atom stereocenters. The minimum Gasteiger partial charge on any atom is -0.443 e. The zero-order valence-electron chi connectivity index (χ0n) is 24.4. The summed E-state index contributed by atoms with van der Waals surface area (Å²) in [6, 6.07) is 22.5. The molecule has 0 spiro atoms. The molecule has 10 heteroatoms. The van der Waals surface area contributed by atoms with Gasteiger partial charge in [-0.1, -0.05) is 93.0 Å². The van der Waals surface area contributed by atoms with E-state index in [0.717, 1.165) is 0 Å². The molecule has 0 aliphatic carbocycles. The van der Waals surface area contributed by atoms with Crippen molar-refractivity contribution in [2.75, 3.05) is 36.1 Å². The van der Waals surface area contributed by atoms with Crippen LogP contribution in [-0.4, -0.2) is 68.9 Å². The number of carbonyl (C=O) groups is 1. The van der Waals surface area contributed by atoms with Gasteiger partial charge < -0.3 is 18.8 Å². The van der Waals surface area contributed by atoms with Crippen LogP contribution in [-0.2, 0) is 13.9 Å². The van der Waals surface area contributed by atoms with Gasteiger partial charge in [-0.3, -0.25) is 4.90 Å². The lowest BCUT2D eigenvalue weighted by atomic mass is 10.1. The van der Waals surface area contributed by atoms with Crippen molar-refractivity contribution in [1.82, 2.24) is 9.97 Å². The van der Waals surface area contributed by atoms with Crippen LogP contribution >= 0.6 is 11.6 Å². The van der Waals surface area contributed by atoms with Crippen LogP contribution in [0.25, 0.3) is 0 Å². The van der Waals surface area contributed by atoms with Gasteiger partial charge in [0.15, 0.2) is 0 Å². The van der Waals surface area contributed by atoms with E-state index in [1.54, 1.807) is 11.0 Å². The number of nitrogens with zero attached hydrogens (tertiary/aromatic N) is 4. The Labute approximate surface area is 248 Å². The molecule has 3 atom stereocenters. The van der Waals surface area contributed by atoms with Gasteiger partial charge in [-0.05, 0) is 29.3 Å². The Kier molecular flexibility index (Phi) is 8.70. The lowest BCUT2D eigenvalue weighted by Crippen LogP contribution is -2.67. The highest BCUT2D eigenvalue weighted by atomic mass is 35.5. The zero-order chi connectivity index (χ0) is 29.2. The molecule has 3 aromatic rings. The van der Waals surface area contributed by atoms with E-state index in [2.05, 4.69) is 81.2 Å². The van der Waals surface area contributed by atoms with E-state index in [1.165, 1.54) is 10.4 Å². The molecule has 2 aliphatic heterocycles. The van der Waals surface area contributed by atoms with Crippen molar-refractivity contribution in [2.24, 2.45) is 0 Å². The highest BCUT2D eigenvalue weighted by molar-refractivity contribution is 6.99. The van der Waals surface area contributed by atoms with Crippen LogP contribution in [0, 0.1) is 0 Å². The van der Waals surface area contributed by atoms with E-state index in [9.17, 15) is 4.79 Å². The van der Waals surface area contributed by atoms with Crippen LogP contribution in [0.5, 0.6) is 0 Å². The van der Waals surface area contributed by atoms with Crippen molar-refractivity contribution in [2.45, 2.75) is 64.3 Å². The highest BCUT2D eigenvalue weighted by Crippen LogP contribution is 2.39. The van der Waals surface area contributed by atoms with E-state index in [-0.39, 0.29) is 28.4 Å². The van der Waals surface area contributed by atoms with Crippen LogP contribution in [0.2, 0.25) is 10.2 Å². The number of benzene rings is 2. The molecular weight excluding hydrogens is 556 g/mol. The van der Waals surface area contributed by atoms with E-state index in [1.807, 2.05) is 24.0 Å². The molecule has 0 saturated carbocycles. The summed E-state index contributed by atoms with van der Waals surface area (Å²) in [5.74, 6) is 0.926. The Morgan fingerprint density at radius 3 is 2.17 bits per heavy atom. The number of carbonyl (C=O) groups excluding carboxylic acids is 1. The summed E-state index contributed by atoms with van der Waals surface area (Å²) in [5, 5.41) is 2.56. The molecule has 8 nitrogen and oxygen atoms in total. The second-order valence-electron chi connectivity index (χ2n) is 11.8. The Morgan fingerprint density at radius 1 is 1.02 bits per heavy atom. The first-order valence-electron chi connectivity index (χ1n) is 14.3. The number of aromatic nitrogens is 2. The van der Waals surface area contributed by atoms with Crippen molar-refractivity contribution >= 4 is 48.2 Å². The molecule has 1 aromatic heterocycles. The smallest absolute Gasteiger partial charge is 0.416 e. The number of rotatable bonds is 8. The number of halogens is 1. The summed E-state index contributed by atoms with van der Waals surface area (Å²) in [5.41, 5.74) is 0. The fraction of sp³-hybridized carbons (Fsp3) is 0.452. The first-order chi connectivity index (χ1) is 19.6. The number of cyclic esters (lactones) is 1. The number of amides is 1. The second-order valence-corrected chi connectivity index (χ2v) is 16.4. The van der Waals surface area contributed by atoms with Gasteiger partial charge in [-0.15, -0.1) is 0 Å². The van der Waals surface area contributed by atoms with Crippen LogP contribution in [0.1, 0.15) is 41.0 Å². The third kappa shape index (κ3) is 5.99. The Balaban J connectivity index is 1.40. The van der Waals surface area contributed by atoms with Crippen LogP contribution < -0.4 is 20.2 Å². The topological polar surface area (TPSA) is 77.0 Å². The second kappa shape index (κ2) is 12.1. The Bertz CT molecular complexity index is 1300. The molecular formula is C31H39ClN4O4Si. The molecule has 2 aromatic carbocycles. The van der Waals surface area contributed by atoms with Crippen LogP contribution in [0.4, 0.5) is 16.6 Å². The molecule has 2 saturated heterocycles. The fourth-order valence-corrected chi connectivity index (χ4v) is 10.8. The SMILES string of the molecule is C[C@H](C[C@H]1OC(=O)N(c2cc(Cl)nc(N3CCOCC3)n2)[C@H]1C)O[Si](c1ccccc1)(c1ccccc1)C(C)(C)C. The molecule has 2 aliphatic rings. The van der Waals surface area contributed by atoms with Gasteiger partial charge in [0.25, 0.3) is 8.32 Å². The van der Waals surface area contributed by atoms with E-state index < -0.39 is 14.4 Å². The summed E-state index contributed by atoms with van der Waals surface area (Å²) in [4.78, 5) is 25.9. The summed E-state index contributed by atoms with van der Waals surface area (Å²) >= 11 is 6.39. The summed E-state index contributed by atoms with van der Waals surface area (Å²) in [6.07, 6.45) is -0.457. The summed E-state index contributed by atoms with van der Waals surface area (Å²) < 4.78 is 18.6. The molecule has 2 fully saturated rings. The average Bonchev–Trinajstić information content (AvgIpc) is 3.24. The summed E-state index contributed by atoms with van der Waals surface area (Å²) in [6.45, 7) is 13.4. The normalized spacial score (nSPS) is 20.7. The van der Waals surface area contributed by atoms with Crippen molar-refractivity contribution in [3.8, 4) is 0 Å². The average molecular weight is 595 g/mol. The van der Waals surface area contributed by atoms with Crippen LogP contribution in [0.3, 0.4) is 0 Å². The minimum atomic E-state index is -2.75. The van der Waals surface area contributed by atoms with Gasteiger partial charge >= 0.3 is 6.09 Å². The molecule has 0 bridgehead atoms. The monoisotopic (exact) mass is 594 g/mol. The summed E-state index contributed by atoms with van der Waals surface area (Å²) in [7, 11) is -2.75. The number of morpholine rings is 1. The van der Waals surface area contributed by atoms with Gasteiger partial charge in [0.05, 0.1) is 19.3 Å². The Morgan fingerprint density at radius 2 is 1.61 bits per heavy atom. The zero-order valence-corrected chi connectivity index (χ0v) is 26.2. The maximum atomic E-state index is 13.2. The van der Waals surface area contributed by atoms with Gasteiger partial charge in [0.1, 0.15) is 17.1 Å².